The van der Waals surface area contributed by atoms with Gasteiger partial charge in [-0.2, -0.15) is 0 Å². The van der Waals surface area contributed by atoms with E-state index >= 15 is 0 Å². The molecule has 4 nitrogen and oxygen atoms in total. The summed E-state index contributed by atoms with van der Waals surface area (Å²) in [6.45, 7) is 4.03. The molecule has 1 fully saturated rings. The molecule has 0 unspecified atom stereocenters. The van der Waals surface area contributed by atoms with Crippen LogP contribution in [0.5, 0.6) is 17.4 Å². The highest BCUT2D eigenvalue weighted by atomic mass is 19.1. The average molecular weight is 352 g/mol. The summed E-state index contributed by atoms with van der Waals surface area (Å²) in [5.74, 6) is -3.40. The Hall–Kier alpha value is -2.28. The van der Waals surface area contributed by atoms with Gasteiger partial charge in [-0.15, -0.1) is 0 Å². The molecular formula is C18H19F3N2O2. The fourth-order valence-electron chi connectivity index (χ4n) is 2.70. The standard InChI is InChI=1S/C18H19F3N2O2/c1-11-4-5-16(24-10-12-3-2-6-22-9-12)18(23-11)25-17-14(20)7-13(19)8-15(17)21/h4-5,7-8,12,22H,2-3,6,9-10H2,1H3/t12-/m0/s1. The van der Waals surface area contributed by atoms with E-state index in [1.165, 1.54) is 0 Å². The van der Waals surface area contributed by atoms with Crippen molar-refractivity contribution in [2.75, 3.05) is 19.7 Å². The first-order valence-corrected chi connectivity index (χ1v) is 8.16. The Morgan fingerprint density at radius 1 is 1.20 bits per heavy atom. The van der Waals surface area contributed by atoms with Gasteiger partial charge in [0.15, 0.2) is 17.4 Å². The van der Waals surface area contributed by atoms with Gasteiger partial charge in [-0.1, -0.05) is 0 Å². The Morgan fingerprint density at radius 3 is 2.64 bits per heavy atom. The molecule has 3 rings (SSSR count). The summed E-state index contributed by atoms with van der Waals surface area (Å²) in [4.78, 5) is 4.15. The molecule has 0 amide bonds. The molecule has 1 saturated heterocycles. The summed E-state index contributed by atoms with van der Waals surface area (Å²) in [6, 6.07) is 4.48. The van der Waals surface area contributed by atoms with Gasteiger partial charge in [0, 0.05) is 30.3 Å². The van der Waals surface area contributed by atoms with Crippen LogP contribution in [-0.4, -0.2) is 24.7 Å². The Labute approximate surface area is 144 Å². The Kier molecular flexibility index (Phi) is 5.43. The van der Waals surface area contributed by atoms with Crippen molar-refractivity contribution in [1.82, 2.24) is 10.3 Å². The zero-order chi connectivity index (χ0) is 17.8. The van der Waals surface area contributed by atoms with E-state index in [9.17, 15) is 13.2 Å². The lowest BCUT2D eigenvalue weighted by molar-refractivity contribution is 0.210. The lowest BCUT2D eigenvalue weighted by Crippen LogP contribution is -2.33. The molecule has 2 aromatic rings. The lowest BCUT2D eigenvalue weighted by Gasteiger charge is -2.23. The van der Waals surface area contributed by atoms with E-state index < -0.39 is 23.2 Å². The molecule has 7 heteroatoms. The monoisotopic (exact) mass is 352 g/mol. The number of halogens is 3. The number of pyridine rings is 1. The Balaban J connectivity index is 1.79. The summed E-state index contributed by atoms with van der Waals surface area (Å²) in [5.41, 5.74) is 0.601. The first-order valence-electron chi connectivity index (χ1n) is 8.16. The van der Waals surface area contributed by atoms with Crippen molar-refractivity contribution in [3.8, 4) is 17.4 Å². The summed E-state index contributed by atoms with van der Waals surface area (Å²) in [5, 5.41) is 3.29. The van der Waals surface area contributed by atoms with Gasteiger partial charge >= 0.3 is 0 Å². The molecule has 1 N–H and O–H groups in total. The highest BCUT2D eigenvalue weighted by Gasteiger charge is 2.19. The normalized spacial score (nSPS) is 17.4. The topological polar surface area (TPSA) is 43.4 Å². The second-order valence-electron chi connectivity index (χ2n) is 6.08. The average Bonchev–Trinajstić information content (AvgIpc) is 2.58. The number of hydrogen-bond donors (Lipinski definition) is 1. The minimum Gasteiger partial charge on any atom is -0.488 e. The van der Waals surface area contributed by atoms with Crippen molar-refractivity contribution in [2.45, 2.75) is 19.8 Å². The third-order valence-electron chi connectivity index (χ3n) is 4.00. The SMILES string of the molecule is Cc1ccc(OC[C@H]2CCCNC2)c(Oc2c(F)cc(F)cc2F)n1. The number of rotatable bonds is 5. The third-order valence-corrected chi connectivity index (χ3v) is 4.00. The molecule has 1 aromatic heterocycles. The fourth-order valence-corrected chi connectivity index (χ4v) is 2.70. The zero-order valence-corrected chi connectivity index (χ0v) is 13.8. The van der Waals surface area contributed by atoms with Crippen LogP contribution in [-0.2, 0) is 0 Å². The van der Waals surface area contributed by atoms with Crippen LogP contribution in [0.15, 0.2) is 24.3 Å². The number of nitrogens with zero attached hydrogens (tertiary/aromatic N) is 1. The number of benzene rings is 1. The number of aryl methyl sites for hydroxylation is 1. The van der Waals surface area contributed by atoms with Crippen molar-refractivity contribution in [3.05, 3.63) is 47.4 Å². The molecule has 0 bridgehead atoms. The molecule has 1 aliphatic rings. The van der Waals surface area contributed by atoms with E-state index in [0.29, 0.717) is 36.1 Å². The van der Waals surface area contributed by atoms with Crippen LogP contribution >= 0.6 is 0 Å². The second kappa shape index (κ2) is 7.74. The zero-order valence-electron chi connectivity index (χ0n) is 13.8. The van der Waals surface area contributed by atoms with Crippen LogP contribution in [0.1, 0.15) is 18.5 Å². The summed E-state index contributed by atoms with van der Waals surface area (Å²) < 4.78 is 51.7. The highest BCUT2D eigenvalue weighted by Crippen LogP contribution is 2.33. The van der Waals surface area contributed by atoms with Gasteiger partial charge in [-0.3, -0.25) is 0 Å². The van der Waals surface area contributed by atoms with Gasteiger partial charge < -0.3 is 14.8 Å². The molecule has 1 aliphatic heterocycles. The van der Waals surface area contributed by atoms with E-state index in [4.69, 9.17) is 9.47 Å². The van der Waals surface area contributed by atoms with E-state index in [-0.39, 0.29) is 5.88 Å². The lowest BCUT2D eigenvalue weighted by atomic mass is 10.0. The summed E-state index contributed by atoms with van der Waals surface area (Å²) in [7, 11) is 0. The molecule has 2 heterocycles. The van der Waals surface area contributed by atoms with Crippen molar-refractivity contribution in [1.29, 1.82) is 0 Å². The maximum atomic E-state index is 13.8. The molecule has 0 radical (unpaired) electrons. The molecule has 0 saturated carbocycles. The number of hydrogen-bond acceptors (Lipinski definition) is 4. The van der Waals surface area contributed by atoms with Crippen molar-refractivity contribution < 1.29 is 22.6 Å². The minimum atomic E-state index is -1.14. The maximum absolute atomic E-state index is 13.8. The van der Waals surface area contributed by atoms with Crippen molar-refractivity contribution in [3.63, 3.8) is 0 Å². The number of nitrogens with one attached hydrogen (secondary N) is 1. The molecule has 1 aromatic carbocycles. The molecule has 1 atom stereocenters. The maximum Gasteiger partial charge on any atom is 0.262 e. The quantitative estimate of drug-likeness (QED) is 0.884. The van der Waals surface area contributed by atoms with E-state index in [2.05, 4.69) is 10.3 Å². The predicted molar refractivity (Wildman–Crippen MR) is 86.5 cm³/mol. The largest absolute Gasteiger partial charge is 0.488 e. The Morgan fingerprint density at radius 2 is 1.96 bits per heavy atom. The van der Waals surface area contributed by atoms with Gasteiger partial charge in [0.1, 0.15) is 5.82 Å². The van der Waals surface area contributed by atoms with Crippen LogP contribution in [0.3, 0.4) is 0 Å². The van der Waals surface area contributed by atoms with Crippen LogP contribution in [0.4, 0.5) is 13.2 Å². The van der Waals surface area contributed by atoms with Crippen molar-refractivity contribution in [2.24, 2.45) is 5.92 Å². The number of ether oxygens (including phenoxy) is 2. The van der Waals surface area contributed by atoms with Crippen molar-refractivity contribution >= 4 is 0 Å². The van der Waals surface area contributed by atoms with Gasteiger partial charge in [-0.05, 0) is 38.4 Å². The van der Waals surface area contributed by atoms with Gasteiger partial charge in [0.05, 0.1) is 6.61 Å². The molecule has 25 heavy (non-hydrogen) atoms. The van der Waals surface area contributed by atoms with E-state index in [1.807, 2.05) is 0 Å². The first kappa shape index (κ1) is 17.5. The van der Waals surface area contributed by atoms with Gasteiger partial charge in [0.2, 0.25) is 5.75 Å². The smallest absolute Gasteiger partial charge is 0.262 e. The Bertz CT molecular complexity index is 726. The molecule has 0 aliphatic carbocycles. The fraction of sp³-hybridized carbons (Fsp3) is 0.389. The van der Waals surface area contributed by atoms with Crippen LogP contribution < -0.4 is 14.8 Å². The number of piperidine rings is 1. The van der Waals surface area contributed by atoms with Crippen LogP contribution in [0.2, 0.25) is 0 Å². The molecule has 134 valence electrons. The first-order chi connectivity index (χ1) is 12.0. The summed E-state index contributed by atoms with van der Waals surface area (Å²) >= 11 is 0. The minimum absolute atomic E-state index is 0.0480. The summed E-state index contributed by atoms with van der Waals surface area (Å²) in [6.07, 6.45) is 2.12. The second-order valence-corrected chi connectivity index (χ2v) is 6.08. The number of aromatic nitrogens is 1. The van der Waals surface area contributed by atoms with Crippen LogP contribution in [0.25, 0.3) is 0 Å². The van der Waals surface area contributed by atoms with E-state index in [1.54, 1.807) is 19.1 Å². The predicted octanol–water partition coefficient (Wildman–Crippen LogP) is 3.98. The third kappa shape index (κ3) is 4.42. The molecular weight excluding hydrogens is 333 g/mol. The van der Waals surface area contributed by atoms with E-state index in [0.717, 1.165) is 25.9 Å². The highest BCUT2D eigenvalue weighted by molar-refractivity contribution is 5.39. The molecule has 0 spiro atoms. The van der Waals surface area contributed by atoms with Crippen LogP contribution in [0, 0.1) is 30.3 Å². The van der Waals surface area contributed by atoms with Gasteiger partial charge in [0.25, 0.3) is 5.88 Å². The van der Waals surface area contributed by atoms with Gasteiger partial charge in [-0.25, -0.2) is 18.2 Å².